The molecule has 0 spiro atoms. The van der Waals surface area contributed by atoms with Gasteiger partial charge in [0.15, 0.2) is 6.61 Å². The van der Waals surface area contributed by atoms with E-state index >= 15 is 0 Å². The van der Waals surface area contributed by atoms with Gasteiger partial charge in [-0.15, -0.1) is 0 Å². The van der Waals surface area contributed by atoms with Crippen molar-refractivity contribution in [1.29, 1.82) is 0 Å². The molecule has 1 heterocycles. The second-order valence-electron chi connectivity index (χ2n) is 8.87. The molecule has 1 saturated carbocycles. The quantitative estimate of drug-likeness (QED) is 0.427. The van der Waals surface area contributed by atoms with Gasteiger partial charge in [0, 0.05) is 25.5 Å². The molecule has 184 valence electrons. The van der Waals surface area contributed by atoms with Gasteiger partial charge in [-0.1, -0.05) is 55.7 Å². The molecule has 0 amide bonds. The van der Waals surface area contributed by atoms with E-state index in [0.717, 1.165) is 5.56 Å². The molecule has 3 aromatic rings. The molecule has 1 N–H and O–H groups in total. The Labute approximate surface area is 206 Å². The highest BCUT2D eigenvalue weighted by atomic mass is 32.2. The summed E-state index contributed by atoms with van der Waals surface area (Å²) in [5, 5.41) is 8.87. The fourth-order valence-electron chi connectivity index (χ4n) is 4.49. The van der Waals surface area contributed by atoms with Crippen LogP contribution >= 0.6 is 0 Å². The van der Waals surface area contributed by atoms with Crippen molar-refractivity contribution in [3.63, 3.8) is 0 Å². The van der Waals surface area contributed by atoms with E-state index < -0.39 is 22.6 Å². The summed E-state index contributed by atoms with van der Waals surface area (Å²) in [6, 6.07) is 18.3. The molecule has 1 aliphatic rings. The Morgan fingerprint density at radius 3 is 2.40 bits per heavy atom. The lowest BCUT2D eigenvalue weighted by molar-refractivity contribution is -0.139. The maximum absolute atomic E-state index is 13.5. The highest BCUT2D eigenvalue weighted by molar-refractivity contribution is 7.89. The predicted octanol–water partition coefficient (Wildman–Crippen LogP) is 4.98. The van der Waals surface area contributed by atoms with Crippen LogP contribution in [0.15, 0.2) is 78.0 Å². The Kier molecular flexibility index (Phi) is 8.15. The van der Waals surface area contributed by atoms with Gasteiger partial charge < -0.3 is 9.84 Å². The zero-order valence-corrected chi connectivity index (χ0v) is 20.4. The number of carboxylic acid groups (broad SMARTS) is 1. The summed E-state index contributed by atoms with van der Waals surface area (Å²) in [6.07, 6.45) is 9.13. The van der Waals surface area contributed by atoms with Crippen LogP contribution in [0.4, 0.5) is 0 Å². The van der Waals surface area contributed by atoms with Gasteiger partial charge in [-0.2, -0.15) is 4.31 Å². The number of pyridine rings is 1. The molecule has 0 unspecified atom stereocenters. The number of hydrogen-bond acceptors (Lipinski definition) is 5. The molecule has 0 atom stereocenters. The van der Waals surface area contributed by atoms with Crippen molar-refractivity contribution in [2.24, 2.45) is 0 Å². The van der Waals surface area contributed by atoms with Crippen molar-refractivity contribution in [3.05, 3.63) is 89.7 Å². The average molecular weight is 495 g/mol. The van der Waals surface area contributed by atoms with Crippen molar-refractivity contribution in [2.45, 2.75) is 56.0 Å². The molecule has 35 heavy (non-hydrogen) atoms. The van der Waals surface area contributed by atoms with Crippen molar-refractivity contribution in [2.75, 3.05) is 6.61 Å². The molecular weight excluding hydrogens is 464 g/mol. The zero-order valence-electron chi connectivity index (χ0n) is 19.5. The third-order valence-corrected chi connectivity index (χ3v) is 8.08. The molecule has 0 saturated heterocycles. The van der Waals surface area contributed by atoms with Crippen LogP contribution in [0.1, 0.15) is 54.7 Å². The summed E-state index contributed by atoms with van der Waals surface area (Å²) in [4.78, 5) is 14.9. The smallest absolute Gasteiger partial charge is 0.341 e. The van der Waals surface area contributed by atoms with Gasteiger partial charge in [0.1, 0.15) is 10.6 Å². The van der Waals surface area contributed by atoms with E-state index in [4.69, 9.17) is 9.84 Å². The standard InChI is InChI=1S/C27H30N2O5S/c30-27(31)20-34-25-9-4-6-22(16-25)19-29(35(32,33)26-10-5-15-28-17-26)18-21-11-13-24(14-12-21)23-7-2-1-3-8-23/h4-6,9-17,23H,1-3,7-8,18-20H2,(H,30,31). The van der Waals surface area contributed by atoms with Gasteiger partial charge in [-0.05, 0) is 59.7 Å². The Morgan fingerprint density at radius 2 is 1.71 bits per heavy atom. The molecule has 1 aliphatic carbocycles. The summed E-state index contributed by atoms with van der Waals surface area (Å²) >= 11 is 0. The van der Waals surface area contributed by atoms with Crippen LogP contribution in [0.25, 0.3) is 0 Å². The lowest BCUT2D eigenvalue weighted by Gasteiger charge is -2.24. The summed E-state index contributed by atoms with van der Waals surface area (Å²) in [7, 11) is -3.83. The Hall–Kier alpha value is -3.23. The lowest BCUT2D eigenvalue weighted by Crippen LogP contribution is -2.30. The highest BCUT2D eigenvalue weighted by Crippen LogP contribution is 2.33. The van der Waals surface area contributed by atoms with E-state index in [-0.39, 0.29) is 18.0 Å². The molecule has 8 heteroatoms. The summed E-state index contributed by atoms with van der Waals surface area (Å²) in [6.45, 7) is -0.164. The summed E-state index contributed by atoms with van der Waals surface area (Å²) in [5.41, 5.74) is 2.91. The van der Waals surface area contributed by atoms with Crippen molar-refractivity contribution < 1.29 is 23.1 Å². The van der Waals surface area contributed by atoms with Crippen molar-refractivity contribution in [3.8, 4) is 5.75 Å². The normalized spacial score (nSPS) is 14.7. The van der Waals surface area contributed by atoms with E-state index in [1.165, 1.54) is 60.4 Å². The van der Waals surface area contributed by atoms with E-state index in [2.05, 4.69) is 17.1 Å². The van der Waals surface area contributed by atoms with Gasteiger partial charge in [0.05, 0.1) is 0 Å². The van der Waals surface area contributed by atoms with Crippen LogP contribution in [0.5, 0.6) is 5.75 Å². The van der Waals surface area contributed by atoms with Gasteiger partial charge in [-0.3, -0.25) is 4.98 Å². The molecule has 2 aromatic carbocycles. The molecule has 0 aliphatic heterocycles. The minimum absolute atomic E-state index is 0.103. The van der Waals surface area contributed by atoms with Crippen molar-refractivity contribution in [1.82, 2.24) is 9.29 Å². The van der Waals surface area contributed by atoms with Gasteiger partial charge >= 0.3 is 5.97 Å². The van der Waals surface area contributed by atoms with E-state index in [1.807, 2.05) is 12.1 Å². The number of rotatable bonds is 10. The van der Waals surface area contributed by atoms with Crippen molar-refractivity contribution >= 4 is 16.0 Å². The Bertz CT molecular complexity index is 1220. The fraction of sp³-hybridized carbons (Fsp3) is 0.333. The maximum atomic E-state index is 13.5. The molecule has 7 nitrogen and oxygen atoms in total. The molecular formula is C27H30N2O5S. The molecule has 1 aromatic heterocycles. The number of sulfonamides is 1. The lowest BCUT2D eigenvalue weighted by atomic mass is 9.84. The van der Waals surface area contributed by atoms with Crippen LogP contribution in [0.2, 0.25) is 0 Å². The molecule has 4 rings (SSSR count). The minimum atomic E-state index is -3.83. The first-order valence-corrected chi connectivity index (χ1v) is 13.3. The Morgan fingerprint density at radius 1 is 0.971 bits per heavy atom. The number of aliphatic carboxylic acids is 1. The number of benzene rings is 2. The number of hydrogen-bond donors (Lipinski definition) is 1. The monoisotopic (exact) mass is 494 g/mol. The number of carbonyl (C=O) groups is 1. The summed E-state index contributed by atoms with van der Waals surface area (Å²) < 4.78 is 33.7. The number of aromatic nitrogens is 1. The number of ether oxygens (including phenoxy) is 1. The molecule has 0 bridgehead atoms. The first-order valence-electron chi connectivity index (χ1n) is 11.8. The number of carboxylic acids is 1. The summed E-state index contributed by atoms with van der Waals surface area (Å²) in [5.74, 6) is -0.116. The first-order chi connectivity index (χ1) is 16.9. The van der Waals surface area contributed by atoms with Gasteiger partial charge in [-0.25, -0.2) is 13.2 Å². The van der Waals surface area contributed by atoms with Crippen LogP contribution < -0.4 is 4.74 Å². The second kappa shape index (κ2) is 11.5. The third-order valence-electron chi connectivity index (χ3n) is 6.31. The van der Waals surface area contributed by atoms with Crippen LogP contribution in [0, 0.1) is 0 Å². The van der Waals surface area contributed by atoms with E-state index in [1.54, 1.807) is 30.3 Å². The van der Waals surface area contributed by atoms with Crippen LogP contribution in [-0.2, 0) is 27.9 Å². The predicted molar refractivity (Wildman–Crippen MR) is 133 cm³/mol. The number of nitrogens with zero attached hydrogens (tertiary/aromatic N) is 2. The topological polar surface area (TPSA) is 96.8 Å². The third kappa shape index (κ3) is 6.68. The van der Waals surface area contributed by atoms with E-state index in [9.17, 15) is 13.2 Å². The van der Waals surface area contributed by atoms with Crippen LogP contribution in [0.3, 0.4) is 0 Å². The Balaban J connectivity index is 1.57. The van der Waals surface area contributed by atoms with Gasteiger partial charge in [0.2, 0.25) is 10.0 Å². The zero-order chi connectivity index (χ0) is 24.7. The largest absolute Gasteiger partial charge is 0.482 e. The first kappa shape index (κ1) is 24.9. The fourth-order valence-corrected chi connectivity index (χ4v) is 5.87. The second-order valence-corrected chi connectivity index (χ2v) is 10.8. The SMILES string of the molecule is O=C(O)COc1cccc(CN(Cc2ccc(C3CCCCC3)cc2)S(=O)(=O)c2cccnc2)c1. The van der Waals surface area contributed by atoms with Crippen LogP contribution in [-0.4, -0.2) is 35.4 Å². The average Bonchev–Trinajstić information content (AvgIpc) is 2.89. The van der Waals surface area contributed by atoms with Gasteiger partial charge in [0.25, 0.3) is 0 Å². The minimum Gasteiger partial charge on any atom is -0.482 e. The molecule has 0 radical (unpaired) electrons. The van der Waals surface area contributed by atoms with E-state index in [0.29, 0.717) is 17.2 Å². The maximum Gasteiger partial charge on any atom is 0.341 e. The highest BCUT2D eigenvalue weighted by Gasteiger charge is 2.26. The molecule has 1 fully saturated rings.